The molecular formula is C16H21FN2O2. The maximum absolute atomic E-state index is 13.5. The minimum atomic E-state index is -0.417. The molecule has 1 N–H and O–H groups in total. The molecule has 5 heteroatoms. The Bertz CT molecular complexity index is 517. The fourth-order valence-corrected chi connectivity index (χ4v) is 3.23. The third-order valence-electron chi connectivity index (χ3n) is 4.23. The number of carbonyl (C=O) groups excluding carboxylic acids is 1. The number of likely N-dealkylation sites (tertiary alicyclic amines) is 1. The Morgan fingerprint density at radius 3 is 3.05 bits per heavy atom. The molecule has 0 spiro atoms. The molecular weight excluding hydrogens is 271 g/mol. The van der Waals surface area contributed by atoms with Crippen molar-refractivity contribution in [2.45, 2.75) is 25.5 Å². The summed E-state index contributed by atoms with van der Waals surface area (Å²) in [6.07, 6.45) is 0.454. The number of nitrogens with one attached hydrogen (secondary N) is 1. The molecule has 1 aromatic rings. The third-order valence-corrected chi connectivity index (χ3v) is 4.23. The molecule has 0 saturated carbocycles. The van der Waals surface area contributed by atoms with Gasteiger partial charge in [-0.25, -0.2) is 4.39 Å². The Labute approximate surface area is 124 Å². The molecule has 4 nitrogen and oxygen atoms in total. The summed E-state index contributed by atoms with van der Waals surface area (Å²) in [7, 11) is 0. The summed E-state index contributed by atoms with van der Waals surface area (Å²) in [5.41, 5.74) is 0.872. The van der Waals surface area contributed by atoms with E-state index in [-0.39, 0.29) is 17.8 Å². The van der Waals surface area contributed by atoms with E-state index < -0.39 is 6.10 Å². The highest BCUT2D eigenvalue weighted by molar-refractivity contribution is 5.82. The summed E-state index contributed by atoms with van der Waals surface area (Å²) in [5.74, 6) is 0.176. The van der Waals surface area contributed by atoms with Crippen LogP contribution in [0.15, 0.2) is 24.3 Å². The lowest BCUT2D eigenvalue weighted by molar-refractivity contribution is -0.146. The number of halogens is 1. The molecule has 21 heavy (non-hydrogen) atoms. The number of hydrogen-bond donors (Lipinski definition) is 1. The van der Waals surface area contributed by atoms with Gasteiger partial charge in [-0.2, -0.15) is 0 Å². The van der Waals surface area contributed by atoms with E-state index >= 15 is 0 Å². The van der Waals surface area contributed by atoms with Gasteiger partial charge in [-0.1, -0.05) is 19.1 Å². The van der Waals surface area contributed by atoms with Crippen molar-refractivity contribution in [1.82, 2.24) is 10.2 Å². The van der Waals surface area contributed by atoms with Crippen LogP contribution in [-0.2, 0) is 9.53 Å². The van der Waals surface area contributed by atoms with Crippen molar-refractivity contribution >= 4 is 5.91 Å². The van der Waals surface area contributed by atoms with Gasteiger partial charge in [0.15, 0.2) is 0 Å². The molecule has 3 rings (SSSR count). The first-order valence-corrected chi connectivity index (χ1v) is 7.53. The zero-order valence-corrected chi connectivity index (χ0v) is 12.2. The van der Waals surface area contributed by atoms with Gasteiger partial charge in [-0.15, -0.1) is 0 Å². The highest BCUT2D eigenvalue weighted by Gasteiger charge is 2.38. The minimum Gasteiger partial charge on any atom is -0.366 e. The number of ether oxygens (including phenoxy) is 1. The summed E-state index contributed by atoms with van der Waals surface area (Å²) in [6.45, 7) is 4.73. The Hall–Kier alpha value is -1.46. The van der Waals surface area contributed by atoms with Gasteiger partial charge in [0.25, 0.3) is 5.91 Å². The number of benzene rings is 1. The lowest BCUT2D eigenvalue weighted by Crippen LogP contribution is -2.49. The summed E-state index contributed by atoms with van der Waals surface area (Å²) < 4.78 is 19.0. The molecule has 1 aromatic carbocycles. The Morgan fingerprint density at radius 2 is 2.33 bits per heavy atom. The van der Waals surface area contributed by atoms with E-state index in [0.717, 1.165) is 18.5 Å². The SMILES string of the molecule is C[C@@H]1C[C@@H](c2cccc(F)c2)N(C(=O)[C@H]2CNCCO2)C1. The van der Waals surface area contributed by atoms with Gasteiger partial charge in [0, 0.05) is 19.6 Å². The van der Waals surface area contributed by atoms with Gasteiger partial charge < -0.3 is 15.0 Å². The van der Waals surface area contributed by atoms with Gasteiger partial charge in [0.2, 0.25) is 0 Å². The average Bonchev–Trinajstić information content (AvgIpc) is 2.89. The van der Waals surface area contributed by atoms with Crippen LogP contribution < -0.4 is 5.32 Å². The Morgan fingerprint density at radius 1 is 1.48 bits per heavy atom. The van der Waals surface area contributed by atoms with Gasteiger partial charge >= 0.3 is 0 Å². The maximum Gasteiger partial charge on any atom is 0.253 e. The molecule has 0 bridgehead atoms. The monoisotopic (exact) mass is 292 g/mol. The third kappa shape index (κ3) is 3.09. The van der Waals surface area contributed by atoms with Crippen molar-refractivity contribution in [2.24, 2.45) is 5.92 Å². The summed E-state index contributed by atoms with van der Waals surface area (Å²) in [4.78, 5) is 14.5. The number of rotatable bonds is 2. The standard InChI is InChI=1S/C16H21FN2O2/c1-11-7-14(12-3-2-4-13(17)8-12)19(10-11)16(20)15-9-18-5-6-21-15/h2-4,8,11,14-15,18H,5-7,9-10H2,1H3/t11-,14+,15-/m1/s1. The summed E-state index contributed by atoms with van der Waals surface area (Å²) in [6, 6.07) is 6.51. The Kier molecular flexibility index (Phi) is 4.22. The van der Waals surface area contributed by atoms with Crippen LogP contribution in [0.25, 0.3) is 0 Å². The molecule has 2 aliphatic heterocycles. The van der Waals surface area contributed by atoms with Gasteiger partial charge in [-0.05, 0) is 30.0 Å². The van der Waals surface area contributed by atoms with E-state index in [4.69, 9.17) is 4.74 Å². The predicted octanol–water partition coefficient (Wildman–Crippen LogP) is 1.72. The average molecular weight is 292 g/mol. The highest BCUT2D eigenvalue weighted by Crippen LogP contribution is 2.36. The summed E-state index contributed by atoms with van der Waals surface area (Å²) in [5, 5.41) is 3.18. The van der Waals surface area contributed by atoms with E-state index in [1.54, 1.807) is 6.07 Å². The first-order valence-electron chi connectivity index (χ1n) is 7.53. The second-order valence-corrected chi connectivity index (χ2v) is 5.97. The van der Waals surface area contributed by atoms with Gasteiger partial charge in [0.05, 0.1) is 12.6 Å². The van der Waals surface area contributed by atoms with Crippen LogP contribution in [0, 0.1) is 11.7 Å². The fraction of sp³-hybridized carbons (Fsp3) is 0.562. The first-order chi connectivity index (χ1) is 10.1. The number of nitrogens with zero attached hydrogens (tertiary/aromatic N) is 1. The molecule has 2 heterocycles. The van der Waals surface area contributed by atoms with E-state index in [1.807, 2.05) is 11.0 Å². The topological polar surface area (TPSA) is 41.6 Å². The largest absolute Gasteiger partial charge is 0.366 e. The van der Waals surface area contributed by atoms with E-state index in [1.165, 1.54) is 12.1 Å². The van der Waals surface area contributed by atoms with Gasteiger partial charge in [-0.3, -0.25) is 4.79 Å². The molecule has 0 aliphatic carbocycles. The predicted molar refractivity (Wildman–Crippen MR) is 77.2 cm³/mol. The number of amides is 1. The van der Waals surface area contributed by atoms with E-state index in [0.29, 0.717) is 25.6 Å². The van der Waals surface area contributed by atoms with Crippen molar-refractivity contribution in [1.29, 1.82) is 0 Å². The van der Waals surface area contributed by atoms with Crippen molar-refractivity contribution in [2.75, 3.05) is 26.2 Å². The van der Waals surface area contributed by atoms with E-state index in [2.05, 4.69) is 12.2 Å². The summed E-state index contributed by atoms with van der Waals surface area (Å²) >= 11 is 0. The molecule has 0 radical (unpaired) electrons. The van der Waals surface area contributed by atoms with Crippen molar-refractivity contribution < 1.29 is 13.9 Å². The van der Waals surface area contributed by atoms with Crippen LogP contribution in [0.3, 0.4) is 0 Å². The van der Waals surface area contributed by atoms with Crippen molar-refractivity contribution in [3.63, 3.8) is 0 Å². The molecule has 114 valence electrons. The zero-order chi connectivity index (χ0) is 14.8. The highest BCUT2D eigenvalue weighted by atomic mass is 19.1. The molecule has 2 fully saturated rings. The van der Waals surface area contributed by atoms with Crippen molar-refractivity contribution in [3.05, 3.63) is 35.6 Å². The molecule has 2 saturated heterocycles. The number of carbonyl (C=O) groups is 1. The van der Waals surface area contributed by atoms with Crippen LogP contribution in [0.5, 0.6) is 0 Å². The maximum atomic E-state index is 13.5. The fourth-order valence-electron chi connectivity index (χ4n) is 3.23. The molecule has 1 amide bonds. The second-order valence-electron chi connectivity index (χ2n) is 5.97. The second kappa shape index (κ2) is 6.12. The van der Waals surface area contributed by atoms with Crippen LogP contribution in [0.2, 0.25) is 0 Å². The normalized spacial score (nSPS) is 29.6. The van der Waals surface area contributed by atoms with Crippen LogP contribution in [-0.4, -0.2) is 43.2 Å². The molecule has 0 aromatic heterocycles. The number of hydrogen-bond acceptors (Lipinski definition) is 3. The van der Waals surface area contributed by atoms with Crippen LogP contribution >= 0.6 is 0 Å². The van der Waals surface area contributed by atoms with Gasteiger partial charge in [0.1, 0.15) is 11.9 Å². The Balaban J connectivity index is 1.80. The quantitative estimate of drug-likeness (QED) is 0.902. The van der Waals surface area contributed by atoms with E-state index in [9.17, 15) is 9.18 Å². The zero-order valence-electron chi connectivity index (χ0n) is 12.2. The minimum absolute atomic E-state index is 0.0146. The van der Waals surface area contributed by atoms with Crippen molar-refractivity contribution in [3.8, 4) is 0 Å². The van der Waals surface area contributed by atoms with Crippen LogP contribution in [0.1, 0.15) is 24.9 Å². The number of morpholine rings is 1. The lowest BCUT2D eigenvalue weighted by atomic mass is 10.0. The first kappa shape index (κ1) is 14.5. The molecule has 2 aliphatic rings. The lowest BCUT2D eigenvalue weighted by Gasteiger charge is -2.31. The molecule has 0 unspecified atom stereocenters. The smallest absolute Gasteiger partial charge is 0.253 e. The molecule has 3 atom stereocenters. The van der Waals surface area contributed by atoms with Crippen LogP contribution in [0.4, 0.5) is 4.39 Å².